The van der Waals surface area contributed by atoms with Crippen LogP contribution in [0.4, 0.5) is 14.5 Å². The maximum atomic E-state index is 12.9. The number of ether oxygens (including phenoxy) is 2. The van der Waals surface area contributed by atoms with Gasteiger partial charge in [0.1, 0.15) is 12.4 Å². The molecule has 1 amide bonds. The van der Waals surface area contributed by atoms with Crippen LogP contribution >= 0.6 is 0 Å². The topological polar surface area (TPSA) is 87.4 Å². The molecule has 1 N–H and O–H groups in total. The number of aryl methyl sites for hydroxylation is 1. The van der Waals surface area contributed by atoms with E-state index in [2.05, 4.69) is 19.9 Å². The smallest absolute Gasteiger partial charge is 0.395 e. The number of benzene rings is 1. The molecule has 10 heteroatoms. The van der Waals surface area contributed by atoms with E-state index in [0.717, 1.165) is 4.68 Å². The van der Waals surface area contributed by atoms with Gasteiger partial charge in [-0.05, 0) is 19.1 Å². The summed E-state index contributed by atoms with van der Waals surface area (Å²) in [4.78, 5) is 23.7. The molecule has 1 aromatic carbocycles. The number of nitrogens with one attached hydrogen (secondary N) is 1. The minimum atomic E-state index is -3.72. The lowest BCUT2D eigenvalue weighted by Gasteiger charge is -2.05. The number of hydrogen-bond acceptors (Lipinski definition) is 5. The Labute approximate surface area is 128 Å². The molecule has 2 heterocycles. The second-order valence-corrected chi connectivity index (χ2v) is 4.92. The van der Waals surface area contributed by atoms with Crippen molar-refractivity contribution < 1.29 is 23.0 Å². The minimum absolute atomic E-state index is 0.121. The van der Waals surface area contributed by atoms with Gasteiger partial charge in [0.25, 0.3) is 0 Å². The molecule has 0 aliphatic carbocycles. The van der Waals surface area contributed by atoms with Gasteiger partial charge in [-0.15, -0.1) is 8.78 Å². The highest BCUT2D eigenvalue weighted by molar-refractivity contribution is 5.90. The van der Waals surface area contributed by atoms with Crippen LogP contribution in [0.15, 0.2) is 23.0 Å². The molecule has 0 atom stereocenters. The molecule has 3 rings (SSSR count). The fraction of sp³-hybridized carbons (Fsp3) is 0.308. The number of nitrogens with zero attached hydrogens (tertiary/aromatic N) is 3. The molecule has 0 unspecified atom stereocenters. The number of carbonyl (C=O) groups excluding carboxylic acids is 1. The Kier molecular flexibility index (Phi) is 3.31. The van der Waals surface area contributed by atoms with Gasteiger partial charge in [-0.25, -0.2) is 9.48 Å². The summed E-state index contributed by atoms with van der Waals surface area (Å²) in [6.45, 7) is 1.33. The molecule has 2 aromatic rings. The maximum Gasteiger partial charge on any atom is 0.586 e. The van der Waals surface area contributed by atoms with Gasteiger partial charge in [-0.1, -0.05) is 0 Å². The quantitative estimate of drug-likeness (QED) is 0.903. The van der Waals surface area contributed by atoms with E-state index >= 15 is 0 Å². The Bertz CT molecular complexity index is 843. The Balaban J connectivity index is 1.72. The summed E-state index contributed by atoms with van der Waals surface area (Å²) < 4.78 is 36.7. The van der Waals surface area contributed by atoms with E-state index in [0.29, 0.717) is 5.82 Å². The lowest BCUT2D eigenvalue weighted by molar-refractivity contribution is -0.286. The highest BCUT2D eigenvalue weighted by Gasteiger charge is 2.43. The normalized spacial score (nSPS) is 14.8. The molecule has 1 aliphatic heterocycles. The van der Waals surface area contributed by atoms with E-state index in [-0.39, 0.29) is 23.7 Å². The van der Waals surface area contributed by atoms with Crippen molar-refractivity contribution in [2.45, 2.75) is 19.8 Å². The van der Waals surface area contributed by atoms with Crippen molar-refractivity contribution in [3.8, 4) is 11.5 Å². The van der Waals surface area contributed by atoms with Crippen LogP contribution in [0.25, 0.3) is 0 Å². The van der Waals surface area contributed by atoms with Gasteiger partial charge in [0.2, 0.25) is 5.91 Å². The number of fused-ring (bicyclic) bond motifs is 1. The molecule has 1 aromatic heterocycles. The Morgan fingerprint density at radius 1 is 1.35 bits per heavy atom. The third-order valence-corrected chi connectivity index (χ3v) is 3.24. The van der Waals surface area contributed by atoms with Crippen molar-refractivity contribution in [2.75, 3.05) is 5.32 Å². The molecule has 0 radical (unpaired) electrons. The predicted octanol–water partition coefficient (Wildman–Crippen LogP) is 0.850. The maximum absolute atomic E-state index is 12.9. The SMILES string of the molecule is Cc1nn(CC(=O)Nc2ccc3c(c2)OC(F)(F)O3)c(=O)n1C. The van der Waals surface area contributed by atoms with Crippen molar-refractivity contribution in [3.63, 3.8) is 0 Å². The number of rotatable bonds is 3. The average molecular weight is 326 g/mol. The van der Waals surface area contributed by atoms with Crippen molar-refractivity contribution >= 4 is 11.6 Å². The van der Waals surface area contributed by atoms with Crippen LogP contribution in [0.5, 0.6) is 11.5 Å². The number of halogens is 2. The lowest BCUT2D eigenvalue weighted by Crippen LogP contribution is -2.29. The van der Waals surface area contributed by atoms with Crippen molar-refractivity contribution in [3.05, 3.63) is 34.5 Å². The largest absolute Gasteiger partial charge is 0.586 e. The molecule has 0 spiro atoms. The third-order valence-electron chi connectivity index (χ3n) is 3.24. The Morgan fingerprint density at radius 3 is 2.70 bits per heavy atom. The Hall–Kier alpha value is -2.91. The number of amides is 1. The van der Waals surface area contributed by atoms with E-state index in [1.54, 1.807) is 6.92 Å². The standard InChI is InChI=1S/C13H12F2N4O4/c1-7-17-19(12(21)18(7)2)6-11(20)16-8-3-4-9-10(5-8)23-13(14,15)22-9/h3-5H,6H2,1-2H3,(H,16,20). The van der Waals surface area contributed by atoms with Gasteiger partial charge in [0.05, 0.1) is 0 Å². The number of hydrogen-bond donors (Lipinski definition) is 1. The highest BCUT2D eigenvalue weighted by Crippen LogP contribution is 2.42. The first-order chi connectivity index (χ1) is 10.7. The molecule has 1 aliphatic rings. The number of carbonyl (C=O) groups is 1. The molecular formula is C13H12F2N4O4. The summed E-state index contributed by atoms with van der Waals surface area (Å²) in [5.74, 6) is -0.368. The zero-order chi connectivity index (χ0) is 16.8. The second-order valence-electron chi connectivity index (χ2n) is 4.92. The average Bonchev–Trinajstić information content (AvgIpc) is 2.88. The van der Waals surface area contributed by atoms with Gasteiger partial charge in [-0.2, -0.15) is 5.10 Å². The van der Waals surface area contributed by atoms with Crippen LogP contribution in [0, 0.1) is 6.92 Å². The monoisotopic (exact) mass is 326 g/mol. The molecule has 8 nitrogen and oxygen atoms in total. The van der Waals surface area contributed by atoms with Crippen molar-refractivity contribution in [2.24, 2.45) is 7.05 Å². The molecular weight excluding hydrogens is 314 g/mol. The Morgan fingerprint density at radius 2 is 2.04 bits per heavy atom. The molecule has 122 valence electrons. The van der Waals surface area contributed by atoms with Gasteiger partial charge < -0.3 is 14.8 Å². The first-order valence-electron chi connectivity index (χ1n) is 6.55. The molecule has 0 fully saturated rings. The summed E-state index contributed by atoms with van der Waals surface area (Å²) in [5.41, 5.74) is -0.196. The van der Waals surface area contributed by atoms with E-state index in [4.69, 9.17) is 0 Å². The molecule has 23 heavy (non-hydrogen) atoms. The van der Waals surface area contributed by atoms with Crippen LogP contribution in [0.2, 0.25) is 0 Å². The highest BCUT2D eigenvalue weighted by atomic mass is 19.3. The van der Waals surface area contributed by atoms with Crippen LogP contribution < -0.4 is 20.5 Å². The van der Waals surface area contributed by atoms with Crippen LogP contribution in [0.1, 0.15) is 5.82 Å². The first kappa shape index (κ1) is 15.0. The van der Waals surface area contributed by atoms with E-state index in [1.165, 1.54) is 29.8 Å². The molecule has 0 bridgehead atoms. The molecule has 0 saturated carbocycles. The summed E-state index contributed by atoms with van der Waals surface area (Å²) in [5, 5.41) is 6.41. The number of aromatic nitrogens is 3. The van der Waals surface area contributed by atoms with E-state index < -0.39 is 17.9 Å². The van der Waals surface area contributed by atoms with Crippen molar-refractivity contribution in [1.29, 1.82) is 0 Å². The van der Waals surface area contributed by atoms with E-state index in [9.17, 15) is 18.4 Å². The zero-order valence-corrected chi connectivity index (χ0v) is 12.2. The number of anilines is 1. The van der Waals surface area contributed by atoms with Crippen LogP contribution in [0.3, 0.4) is 0 Å². The van der Waals surface area contributed by atoms with Gasteiger partial charge in [0.15, 0.2) is 11.5 Å². The van der Waals surface area contributed by atoms with E-state index in [1.807, 2.05) is 0 Å². The summed E-state index contributed by atoms with van der Waals surface area (Å²) in [7, 11) is 1.54. The zero-order valence-electron chi connectivity index (χ0n) is 12.2. The fourth-order valence-corrected chi connectivity index (χ4v) is 2.06. The van der Waals surface area contributed by atoms with Gasteiger partial charge in [0, 0.05) is 18.8 Å². The summed E-state index contributed by atoms with van der Waals surface area (Å²) >= 11 is 0. The number of alkyl halides is 2. The minimum Gasteiger partial charge on any atom is -0.395 e. The van der Waals surface area contributed by atoms with Crippen molar-refractivity contribution in [1.82, 2.24) is 14.3 Å². The summed E-state index contributed by atoms with van der Waals surface area (Å²) in [6, 6.07) is 3.84. The predicted molar refractivity (Wildman–Crippen MR) is 73.5 cm³/mol. The van der Waals surface area contributed by atoms with Crippen LogP contribution in [-0.4, -0.2) is 26.5 Å². The lowest BCUT2D eigenvalue weighted by atomic mass is 10.3. The van der Waals surface area contributed by atoms with Gasteiger partial charge in [-0.3, -0.25) is 9.36 Å². The third kappa shape index (κ3) is 2.87. The first-order valence-corrected chi connectivity index (χ1v) is 6.55. The summed E-state index contributed by atoms with van der Waals surface area (Å²) in [6.07, 6.45) is -3.72. The molecule has 0 saturated heterocycles. The second kappa shape index (κ2) is 5.07. The van der Waals surface area contributed by atoms with Crippen LogP contribution in [-0.2, 0) is 18.4 Å². The fourth-order valence-electron chi connectivity index (χ4n) is 2.06. The van der Waals surface area contributed by atoms with Gasteiger partial charge >= 0.3 is 12.0 Å².